The fourth-order valence-corrected chi connectivity index (χ4v) is 3.99. The Kier molecular flexibility index (Phi) is 6.31. The number of pyridine rings is 2. The zero-order chi connectivity index (χ0) is 21.8. The molecule has 9 heteroatoms. The number of fused-ring (bicyclic) bond motifs is 1. The molecule has 31 heavy (non-hydrogen) atoms. The van der Waals surface area contributed by atoms with Gasteiger partial charge in [-0.2, -0.15) is 5.10 Å². The van der Waals surface area contributed by atoms with Crippen LogP contribution in [0.25, 0.3) is 10.9 Å². The van der Waals surface area contributed by atoms with Gasteiger partial charge in [-0.25, -0.2) is 9.78 Å². The molecule has 3 heterocycles. The van der Waals surface area contributed by atoms with Gasteiger partial charge in [-0.05, 0) is 50.8 Å². The lowest BCUT2D eigenvalue weighted by atomic mass is 10.0. The van der Waals surface area contributed by atoms with Crippen LogP contribution in [0, 0.1) is 0 Å². The lowest BCUT2D eigenvalue weighted by molar-refractivity contribution is 0.0981. The van der Waals surface area contributed by atoms with Crippen LogP contribution >= 0.6 is 0 Å². The Hall–Kier alpha value is -3.20. The number of carbonyl (C=O) groups excluding carboxylic acids is 1. The van der Waals surface area contributed by atoms with Crippen molar-refractivity contribution >= 4 is 28.6 Å². The van der Waals surface area contributed by atoms with Crippen molar-refractivity contribution in [2.75, 3.05) is 12.4 Å². The van der Waals surface area contributed by atoms with Gasteiger partial charge in [-0.1, -0.05) is 0 Å². The van der Waals surface area contributed by atoms with Crippen molar-refractivity contribution in [3.05, 3.63) is 41.9 Å². The number of ether oxygens (including phenoxy) is 2. The van der Waals surface area contributed by atoms with E-state index in [2.05, 4.69) is 30.8 Å². The van der Waals surface area contributed by atoms with Crippen LogP contribution in [0.15, 0.2) is 30.6 Å². The first-order chi connectivity index (χ1) is 15.0. The van der Waals surface area contributed by atoms with E-state index in [0.29, 0.717) is 18.2 Å². The number of rotatable bonds is 7. The summed E-state index contributed by atoms with van der Waals surface area (Å²) < 4.78 is 10.8. The lowest BCUT2D eigenvalue weighted by Crippen LogP contribution is -2.33. The van der Waals surface area contributed by atoms with Gasteiger partial charge in [-0.3, -0.25) is 10.1 Å². The van der Waals surface area contributed by atoms with Crippen molar-refractivity contribution in [3.63, 3.8) is 0 Å². The second kappa shape index (κ2) is 9.30. The number of H-pyrrole nitrogens is 1. The fraction of sp³-hybridized carbons (Fsp3) is 0.455. The van der Waals surface area contributed by atoms with Gasteiger partial charge in [0, 0.05) is 48.6 Å². The first-order valence-corrected chi connectivity index (χ1v) is 10.5. The maximum absolute atomic E-state index is 11.8. The minimum atomic E-state index is -0.352. The van der Waals surface area contributed by atoms with Gasteiger partial charge in [0.05, 0.1) is 6.61 Å². The lowest BCUT2D eigenvalue weighted by Gasteiger charge is -2.14. The van der Waals surface area contributed by atoms with E-state index in [0.717, 1.165) is 41.4 Å². The highest BCUT2D eigenvalue weighted by Crippen LogP contribution is 2.36. The zero-order valence-electron chi connectivity index (χ0n) is 18.0. The first kappa shape index (κ1) is 21.0. The second-order valence-electron chi connectivity index (χ2n) is 8.13. The molecule has 1 aliphatic rings. The van der Waals surface area contributed by atoms with Crippen LogP contribution in [0.1, 0.15) is 50.3 Å². The summed E-state index contributed by atoms with van der Waals surface area (Å²) in [6.45, 7) is 4.34. The molecule has 0 radical (unpaired) electrons. The molecule has 3 aromatic rings. The number of aromatic amines is 1. The predicted molar refractivity (Wildman–Crippen MR) is 117 cm³/mol. The Morgan fingerprint density at radius 2 is 2.10 bits per heavy atom. The molecule has 0 aliphatic heterocycles. The van der Waals surface area contributed by atoms with Crippen LogP contribution < -0.4 is 10.6 Å². The van der Waals surface area contributed by atoms with E-state index in [1.54, 1.807) is 19.5 Å². The van der Waals surface area contributed by atoms with E-state index < -0.39 is 0 Å². The van der Waals surface area contributed by atoms with Gasteiger partial charge in [0.1, 0.15) is 11.6 Å². The number of methoxy groups -OCH3 is 1. The predicted octanol–water partition coefficient (Wildman–Crippen LogP) is 4.01. The topological polar surface area (TPSA) is 114 Å². The summed E-state index contributed by atoms with van der Waals surface area (Å²) in [4.78, 5) is 20.8. The molecule has 0 saturated heterocycles. The van der Waals surface area contributed by atoms with Crippen molar-refractivity contribution in [2.45, 2.75) is 57.8 Å². The average molecular weight is 425 g/mol. The number of nitrogens with one attached hydrogen (secondary N) is 3. The van der Waals surface area contributed by atoms with E-state index in [-0.39, 0.29) is 24.2 Å². The molecule has 3 N–H and O–H groups in total. The van der Waals surface area contributed by atoms with Crippen LogP contribution in [0.3, 0.4) is 0 Å². The number of amides is 1. The fourth-order valence-electron chi connectivity index (χ4n) is 3.99. The van der Waals surface area contributed by atoms with Crippen LogP contribution in [-0.2, 0) is 16.1 Å². The maximum Gasteiger partial charge on any atom is 0.407 e. The van der Waals surface area contributed by atoms with Gasteiger partial charge in [0.2, 0.25) is 0 Å². The number of hydrogen-bond donors (Lipinski definition) is 3. The van der Waals surface area contributed by atoms with Crippen LogP contribution in [0.2, 0.25) is 0 Å². The highest BCUT2D eigenvalue weighted by molar-refractivity contribution is 5.91. The Morgan fingerprint density at radius 3 is 2.90 bits per heavy atom. The molecule has 3 aromatic heterocycles. The van der Waals surface area contributed by atoms with Crippen molar-refractivity contribution in [3.8, 4) is 0 Å². The molecule has 9 nitrogen and oxygen atoms in total. The third-order valence-electron chi connectivity index (χ3n) is 5.40. The van der Waals surface area contributed by atoms with Crippen molar-refractivity contribution in [1.82, 2.24) is 25.5 Å². The van der Waals surface area contributed by atoms with Gasteiger partial charge in [-0.15, -0.1) is 0 Å². The van der Waals surface area contributed by atoms with E-state index in [1.807, 2.05) is 32.0 Å². The molecular weight excluding hydrogens is 396 g/mol. The third kappa shape index (κ3) is 4.93. The van der Waals surface area contributed by atoms with Gasteiger partial charge in [0.15, 0.2) is 11.6 Å². The van der Waals surface area contributed by atoms with Crippen LogP contribution in [-0.4, -0.2) is 45.5 Å². The molecule has 0 spiro atoms. The van der Waals surface area contributed by atoms with Gasteiger partial charge in [0.25, 0.3) is 0 Å². The van der Waals surface area contributed by atoms with Crippen LogP contribution in [0.4, 0.5) is 16.4 Å². The Morgan fingerprint density at radius 1 is 1.26 bits per heavy atom. The summed E-state index contributed by atoms with van der Waals surface area (Å²) in [5.74, 6) is 1.59. The summed E-state index contributed by atoms with van der Waals surface area (Å²) in [7, 11) is 1.67. The van der Waals surface area contributed by atoms with E-state index >= 15 is 0 Å². The first-order valence-electron chi connectivity index (χ1n) is 10.5. The number of hydrogen-bond acceptors (Lipinski definition) is 7. The summed E-state index contributed by atoms with van der Waals surface area (Å²) in [6, 6.07) is 5.93. The van der Waals surface area contributed by atoms with Gasteiger partial charge >= 0.3 is 6.09 Å². The Labute approximate surface area is 181 Å². The molecule has 1 amide bonds. The molecule has 1 fully saturated rings. The van der Waals surface area contributed by atoms with Gasteiger partial charge < -0.3 is 20.1 Å². The standard InChI is InChI=1S/C22H28N6O3/c1-13(2)25-22(29)31-16-5-4-14(10-16)18-11-19(28-27-18)26-21-20-17(7-9-24-21)15(12-30-3)6-8-23-20/h6-9,11,13-14,16H,4-5,10,12H2,1-3H3,(H,25,29)(H2,24,26,27,28). The summed E-state index contributed by atoms with van der Waals surface area (Å²) >= 11 is 0. The van der Waals surface area contributed by atoms with Crippen molar-refractivity contribution in [1.29, 1.82) is 0 Å². The minimum Gasteiger partial charge on any atom is -0.446 e. The summed E-state index contributed by atoms with van der Waals surface area (Å²) in [6.07, 6.45) is 5.64. The minimum absolute atomic E-state index is 0.0636. The van der Waals surface area contributed by atoms with E-state index in [9.17, 15) is 4.79 Å². The SMILES string of the molecule is COCc1ccnc2c(Nc3cc(C4CCC(OC(=O)NC(C)C)C4)[nH]n3)nccc12. The Bertz CT molecular complexity index is 1050. The van der Waals surface area contributed by atoms with E-state index in [1.165, 1.54) is 0 Å². The summed E-state index contributed by atoms with van der Waals surface area (Å²) in [5, 5.41) is 14.6. The number of carbonyl (C=O) groups is 1. The van der Waals surface area contributed by atoms with Crippen molar-refractivity contribution in [2.24, 2.45) is 0 Å². The quantitative estimate of drug-likeness (QED) is 0.525. The number of anilines is 2. The smallest absolute Gasteiger partial charge is 0.407 e. The molecule has 0 aromatic carbocycles. The number of aromatic nitrogens is 4. The molecule has 2 atom stereocenters. The maximum atomic E-state index is 11.8. The Balaban J connectivity index is 1.43. The molecule has 0 bridgehead atoms. The molecule has 1 aliphatic carbocycles. The average Bonchev–Trinajstić information content (AvgIpc) is 3.38. The number of alkyl carbamates (subject to hydrolysis) is 1. The molecule has 2 unspecified atom stereocenters. The second-order valence-corrected chi connectivity index (χ2v) is 8.13. The zero-order valence-corrected chi connectivity index (χ0v) is 18.0. The van der Waals surface area contributed by atoms with Crippen LogP contribution in [0.5, 0.6) is 0 Å². The van der Waals surface area contributed by atoms with E-state index in [4.69, 9.17) is 9.47 Å². The highest BCUT2D eigenvalue weighted by atomic mass is 16.6. The largest absolute Gasteiger partial charge is 0.446 e. The summed E-state index contributed by atoms with van der Waals surface area (Å²) in [5.41, 5.74) is 2.84. The highest BCUT2D eigenvalue weighted by Gasteiger charge is 2.30. The molecule has 1 saturated carbocycles. The van der Waals surface area contributed by atoms with Crippen molar-refractivity contribution < 1.29 is 14.3 Å². The molecule has 4 rings (SSSR count). The third-order valence-corrected chi connectivity index (χ3v) is 5.40. The molecule has 164 valence electrons. The molecular formula is C22H28N6O3. The normalized spacial score (nSPS) is 18.5. The number of nitrogens with zero attached hydrogens (tertiary/aromatic N) is 3. The monoisotopic (exact) mass is 424 g/mol.